The topological polar surface area (TPSA) is 88.4 Å². The molecule has 0 spiro atoms. The Bertz CT molecular complexity index is 859. The van der Waals surface area contributed by atoms with Gasteiger partial charge in [-0.3, -0.25) is 4.79 Å². The van der Waals surface area contributed by atoms with Gasteiger partial charge in [0.25, 0.3) is 5.91 Å². The van der Waals surface area contributed by atoms with E-state index in [0.29, 0.717) is 10.2 Å². The molecule has 0 aliphatic rings. The molecule has 6 nitrogen and oxygen atoms in total. The van der Waals surface area contributed by atoms with Crippen LogP contribution in [0.4, 0.5) is 0 Å². The van der Waals surface area contributed by atoms with Gasteiger partial charge in [-0.1, -0.05) is 24.3 Å². The minimum atomic E-state index is -3.44. The molecule has 2 rings (SSSR count). The number of hydrogen-bond donors (Lipinski definition) is 2. The van der Waals surface area contributed by atoms with E-state index in [0.717, 1.165) is 11.1 Å². The second kappa shape index (κ2) is 8.16. The molecule has 1 aromatic heterocycles. The van der Waals surface area contributed by atoms with Crippen LogP contribution < -0.4 is 10.0 Å². The second-order valence-corrected chi connectivity index (χ2v) is 8.58. The molecular formula is C17H21BrN2O4S. The summed E-state index contributed by atoms with van der Waals surface area (Å²) in [6, 6.07) is 8.67. The minimum Gasteiger partial charge on any atom is -0.444 e. The summed E-state index contributed by atoms with van der Waals surface area (Å²) < 4.78 is 32.7. The Morgan fingerprint density at radius 1 is 1.24 bits per heavy atom. The molecule has 0 saturated heterocycles. The van der Waals surface area contributed by atoms with Crippen molar-refractivity contribution in [2.24, 2.45) is 0 Å². The number of amides is 1. The smallest absolute Gasteiger partial charge is 0.287 e. The first kappa shape index (κ1) is 19.7. The summed E-state index contributed by atoms with van der Waals surface area (Å²) in [5.41, 5.74) is 2.11. The quantitative estimate of drug-likeness (QED) is 0.708. The number of rotatable bonds is 7. The highest BCUT2D eigenvalue weighted by molar-refractivity contribution is 9.10. The van der Waals surface area contributed by atoms with Gasteiger partial charge < -0.3 is 9.73 Å². The van der Waals surface area contributed by atoms with Crippen LogP contribution in [0, 0.1) is 6.92 Å². The fourth-order valence-corrected chi connectivity index (χ4v) is 4.40. The highest BCUT2D eigenvalue weighted by Crippen LogP contribution is 2.20. The Morgan fingerprint density at radius 2 is 1.88 bits per heavy atom. The van der Waals surface area contributed by atoms with Gasteiger partial charge >= 0.3 is 0 Å². The zero-order chi connectivity index (χ0) is 18.6. The van der Waals surface area contributed by atoms with E-state index >= 15 is 0 Å². The van der Waals surface area contributed by atoms with Crippen LogP contribution in [0.5, 0.6) is 0 Å². The molecule has 136 valence electrons. The van der Waals surface area contributed by atoms with Crippen LogP contribution in [0.2, 0.25) is 0 Å². The van der Waals surface area contributed by atoms with Gasteiger partial charge in [-0.25, -0.2) is 13.1 Å². The van der Waals surface area contributed by atoms with Crippen LogP contribution >= 0.6 is 15.9 Å². The average molecular weight is 429 g/mol. The molecule has 0 saturated carbocycles. The van der Waals surface area contributed by atoms with Crippen molar-refractivity contribution in [3.8, 4) is 0 Å². The van der Waals surface area contributed by atoms with Gasteiger partial charge in [-0.05, 0) is 53.9 Å². The van der Waals surface area contributed by atoms with Crippen molar-refractivity contribution in [1.82, 2.24) is 10.0 Å². The molecule has 0 fully saturated rings. The molecule has 25 heavy (non-hydrogen) atoms. The summed E-state index contributed by atoms with van der Waals surface area (Å²) in [5, 5.41) is 2.77. The predicted octanol–water partition coefficient (Wildman–Crippen LogP) is 3.11. The van der Waals surface area contributed by atoms with Crippen molar-refractivity contribution < 1.29 is 17.6 Å². The Hall–Kier alpha value is -1.64. The Balaban J connectivity index is 2.10. The van der Waals surface area contributed by atoms with Crippen LogP contribution in [0.3, 0.4) is 0 Å². The number of aryl methyl sites for hydroxylation is 1. The van der Waals surface area contributed by atoms with E-state index in [-0.39, 0.29) is 30.0 Å². The van der Waals surface area contributed by atoms with Crippen LogP contribution in [0.1, 0.15) is 41.1 Å². The summed E-state index contributed by atoms with van der Waals surface area (Å²) in [6.07, 6.45) is 0. The maximum atomic E-state index is 12.2. The monoisotopic (exact) mass is 428 g/mol. The molecular weight excluding hydrogens is 408 g/mol. The van der Waals surface area contributed by atoms with Crippen LogP contribution in [0.15, 0.2) is 39.4 Å². The second-order valence-electron chi connectivity index (χ2n) is 6.05. The predicted molar refractivity (Wildman–Crippen MR) is 99.7 cm³/mol. The van der Waals surface area contributed by atoms with Crippen LogP contribution in [0.25, 0.3) is 0 Å². The minimum absolute atomic E-state index is 0.136. The lowest BCUT2D eigenvalue weighted by Gasteiger charge is -2.13. The molecule has 0 radical (unpaired) electrons. The maximum Gasteiger partial charge on any atom is 0.287 e. The lowest BCUT2D eigenvalue weighted by molar-refractivity contribution is 0.0921. The Morgan fingerprint density at radius 3 is 2.44 bits per heavy atom. The molecule has 1 amide bonds. The van der Waals surface area contributed by atoms with Crippen molar-refractivity contribution in [2.45, 2.75) is 39.1 Å². The third-order valence-electron chi connectivity index (χ3n) is 3.41. The van der Waals surface area contributed by atoms with Crippen molar-refractivity contribution in [3.05, 3.63) is 57.5 Å². The van der Waals surface area contributed by atoms with Gasteiger partial charge in [0, 0.05) is 18.2 Å². The van der Waals surface area contributed by atoms with Crippen LogP contribution in [-0.4, -0.2) is 20.4 Å². The number of nitrogens with one attached hydrogen (secondary N) is 2. The Labute approximate surface area is 156 Å². The first-order valence-corrected chi connectivity index (χ1v) is 10.2. The van der Waals surface area contributed by atoms with E-state index in [1.165, 1.54) is 0 Å². The zero-order valence-corrected chi connectivity index (χ0v) is 16.7. The summed E-state index contributed by atoms with van der Waals surface area (Å²) in [5.74, 6) is -0.248. The van der Waals surface area contributed by atoms with E-state index in [1.54, 1.807) is 45.0 Å². The van der Waals surface area contributed by atoms with Gasteiger partial charge in [-0.2, -0.15) is 0 Å². The summed E-state index contributed by atoms with van der Waals surface area (Å²) >= 11 is 3.19. The summed E-state index contributed by atoms with van der Waals surface area (Å²) in [6.45, 7) is 5.53. The normalized spacial score (nSPS) is 11.7. The van der Waals surface area contributed by atoms with Crippen molar-refractivity contribution in [1.29, 1.82) is 0 Å². The SMILES string of the molecule is Cc1cc(Br)oc1C(=O)NCc1ccccc1CS(=O)(=O)NC(C)C. The largest absolute Gasteiger partial charge is 0.444 e. The average Bonchev–Trinajstić information content (AvgIpc) is 2.83. The molecule has 0 bridgehead atoms. The van der Waals surface area contributed by atoms with E-state index in [1.807, 2.05) is 6.07 Å². The Kier molecular flexibility index (Phi) is 6.42. The molecule has 0 aliphatic heterocycles. The lowest BCUT2D eigenvalue weighted by Crippen LogP contribution is -2.32. The summed E-state index contributed by atoms with van der Waals surface area (Å²) in [7, 11) is -3.44. The van der Waals surface area contributed by atoms with Gasteiger partial charge in [-0.15, -0.1) is 0 Å². The number of halogens is 1. The molecule has 2 aromatic rings. The molecule has 0 atom stereocenters. The third-order valence-corrected chi connectivity index (χ3v) is 5.32. The molecule has 8 heteroatoms. The van der Waals surface area contributed by atoms with Gasteiger partial charge in [0.05, 0.1) is 5.75 Å². The van der Waals surface area contributed by atoms with Crippen LogP contribution in [-0.2, 0) is 22.3 Å². The molecule has 1 aromatic carbocycles. The van der Waals surface area contributed by atoms with Gasteiger partial charge in [0.15, 0.2) is 10.4 Å². The van der Waals surface area contributed by atoms with Gasteiger partial charge in [0.1, 0.15) is 0 Å². The van der Waals surface area contributed by atoms with E-state index in [9.17, 15) is 13.2 Å². The van der Waals surface area contributed by atoms with Gasteiger partial charge in [0.2, 0.25) is 10.0 Å². The number of benzene rings is 1. The first-order chi connectivity index (χ1) is 11.7. The van der Waals surface area contributed by atoms with Crippen molar-refractivity contribution in [3.63, 3.8) is 0 Å². The zero-order valence-electron chi connectivity index (χ0n) is 14.3. The van der Waals surface area contributed by atoms with E-state index in [4.69, 9.17) is 4.42 Å². The van der Waals surface area contributed by atoms with E-state index in [2.05, 4.69) is 26.0 Å². The standard InChI is InChI=1S/C17H21BrN2O4S/c1-11(2)20-25(22,23)10-14-7-5-4-6-13(14)9-19-17(21)16-12(3)8-15(18)24-16/h4-8,11,20H,9-10H2,1-3H3,(H,19,21). The third kappa shape index (κ3) is 5.69. The fraction of sp³-hybridized carbons (Fsp3) is 0.353. The molecule has 0 unspecified atom stereocenters. The van der Waals surface area contributed by atoms with Crippen molar-refractivity contribution >= 4 is 31.9 Å². The number of hydrogen-bond acceptors (Lipinski definition) is 4. The molecule has 0 aliphatic carbocycles. The number of sulfonamides is 1. The summed E-state index contributed by atoms with van der Waals surface area (Å²) in [4.78, 5) is 12.2. The number of carbonyl (C=O) groups is 1. The fourth-order valence-electron chi connectivity index (χ4n) is 2.40. The lowest BCUT2D eigenvalue weighted by atomic mass is 10.1. The highest BCUT2D eigenvalue weighted by Gasteiger charge is 2.17. The van der Waals surface area contributed by atoms with Crippen molar-refractivity contribution in [2.75, 3.05) is 0 Å². The van der Waals surface area contributed by atoms with E-state index < -0.39 is 10.0 Å². The maximum absolute atomic E-state index is 12.2. The number of furan rings is 1. The number of carbonyl (C=O) groups excluding carboxylic acids is 1. The first-order valence-electron chi connectivity index (χ1n) is 7.79. The molecule has 1 heterocycles. The highest BCUT2D eigenvalue weighted by atomic mass is 79.9. The molecule has 2 N–H and O–H groups in total.